The molecule has 3 rings (SSSR count). The highest BCUT2D eigenvalue weighted by atomic mass is 19.1. The minimum Gasteiger partial charge on any atom is -0.490 e. The minimum atomic E-state index is -0.207. The van der Waals surface area contributed by atoms with Crippen molar-refractivity contribution in [3.05, 3.63) is 65.0 Å². The van der Waals surface area contributed by atoms with Crippen LogP contribution in [0, 0.1) is 12.7 Å². The van der Waals surface area contributed by atoms with Crippen LogP contribution < -0.4 is 10.5 Å². The topological polar surface area (TPSA) is 35.2 Å². The Balaban J connectivity index is 1.57. The Morgan fingerprint density at radius 1 is 1.24 bits per heavy atom. The molecule has 0 spiro atoms. The second-order valence-corrected chi connectivity index (χ2v) is 5.88. The average Bonchev–Trinajstić information content (AvgIpc) is 2.82. The number of fused-ring (bicyclic) bond motifs is 1. The Bertz CT molecular complexity index is 624. The van der Waals surface area contributed by atoms with E-state index in [2.05, 4.69) is 31.2 Å². The second-order valence-electron chi connectivity index (χ2n) is 5.88. The highest BCUT2D eigenvalue weighted by Gasteiger charge is 2.25. The summed E-state index contributed by atoms with van der Waals surface area (Å²) < 4.78 is 19.0. The van der Waals surface area contributed by atoms with E-state index >= 15 is 0 Å². The van der Waals surface area contributed by atoms with Crippen molar-refractivity contribution < 1.29 is 9.13 Å². The van der Waals surface area contributed by atoms with E-state index in [1.165, 1.54) is 17.2 Å². The predicted molar refractivity (Wildman–Crippen MR) is 82.0 cm³/mol. The Morgan fingerprint density at radius 2 is 2.00 bits per heavy atom. The molecular weight excluding hydrogens is 265 g/mol. The SMILES string of the molecule is Cc1ccc(CC(N)CC2Cc3cc(F)ccc3O2)cc1. The van der Waals surface area contributed by atoms with E-state index in [9.17, 15) is 4.39 Å². The fourth-order valence-electron chi connectivity index (χ4n) is 2.87. The number of rotatable bonds is 4. The molecule has 0 amide bonds. The van der Waals surface area contributed by atoms with Crippen molar-refractivity contribution in [3.63, 3.8) is 0 Å². The van der Waals surface area contributed by atoms with Crippen LogP contribution in [0.4, 0.5) is 4.39 Å². The summed E-state index contributed by atoms with van der Waals surface area (Å²) in [7, 11) is 0. The maximum atomic E-state index is 13.2. The molecule has 0 radical (unpaired) electrons. The molecule has 2 N–H and O–H groups in total. The molecule has 1 aliphatic heterocycles. The van der Waals surface area contributed by atoms with E-state index in [-0.39, 0.29) is 18.0 Å². The first-order valence-electron chi connectivity index (χ1n) is 7.36. The highest BCUT2D eigenvalue weighted by molar-refractivity contribution is 5.38. The number of halogens is 1. The molecule has 0 aliphatic carbocycles. The number of aryl methyl sites for hydroxylation is 1. The van der Waals surface area contributed by atoms with Crippen LogP contribution in [0.1, 0.15) is 23.1 Å². The third kappa shape index (κ3) is 3.42. The van der Waals surface area contributed by atoms with Crippen LogP contribution in [0.25, 0.3) is 0 Å². The molecule has 0 bridgehead atoms. The van der Waals surface area contributed by atoms with Gasteiger partial charge in [-0.25, -0.2) is 4.39 Å². The van der Waals surface area contributed by atoms with Crippen LogP contribution in [0.15, 0.2) is 42.5 Å². The van der Waals surface area contributed by atoms with E-state index in [0.29, 0.717) is 0 Å². The fourth-order valence-corrected chi connectivity index (χ4v) is 2.87. The molecule has 1 heterocycles. The molecule has 110 valence electrons. The van der Waals surface area contributed by atoms with Crippen LogP contribution in [0.2, 0.25) is 0 Å². The Labute approximate surface area is 124 Å². The van der Waals surface area contributed by atoms with Crippen molar-refractivity contribution in [1.82, 2.24) is 0 Å². The van der Waals surface area contributed by atoms with Gasteiger partial charge >= 0.3 is 0 Å². The molecule has 2 aromatic rings. The molecule has 21 heavy (non-hydrogen) atoms. The maximum Gasteiger partial charge on any atom is 0.123 e. The number of hydrogen-bond donors (Lipinski definition) is 1. The first-order chi connectivity index (χ1) is 10.1. The highest BCUT2D eigenvalue weighted by Crippen LogP contribution is 2.31. The Morgan fingerprint density at radius 3 is 2.76 bits per heavy atom. The van der Waals surface area contributed by atoms with E-state index < -0.39 is 0 Å². The molecule has 0 aromatic heterocycles. The standard InChI is InChI=1S/C18H20FNO/c1-12-2-4-13(5-3-12)8-16(20)11-17-10-14-9-15(19)6-7-18(14)21-17/h2-7,9,16-17H,8,10-11,20H2,1H3. The lowest BCUT2D eigenvalue weighted by Crippen LogP contribution is -2.30. The van der Waals surface area contributed by atoms with Gasteiger partial charge in [-0.05, 0) is 37.1 Å². The summed E-state index contributed by atoms with van der Waals surface area (Å²) in [6.45, 7) is 2.08. The number of ether oxygens (including phenoxy) is 1. The van der Waals surface area contributed by atoms with Gasteiger partial charge in [-0.1, -0.05) is 29.8 Å². The molecule has 2 nitrogen and oxygen atoms in total. The van der Waals surface area contributed by atoms with Crippen LogP contribution in [-0.2, 0) is 12.8 Å². The van der Waals surface area contributed by atoms with Crippen LogP contribution in [-0.4, -0.2) is 12.1 Å². The lowest BCUT2D eigenvalue weighted by Gasteiger charge is -2.17. The Hall–Kier alpha value is -1.87. The van der Waals surface area contributed by atoms with Gasteiger partial charge in [0.1, 0.15) is 17.7 Å². The van der Waals surface area contributed by atoms with Crippen molar-refractivity contribution in [2.75, 3.05) is 0 Å². The van der Waals surface area contributed by atoms with E-state index in [1.807, 2.05) is 0 Å². The minimum absolute atomic E-state index is 0.0527. The number of nitrogens with two attached hydrogens (primary N) is 1. The summed E-state index contributed by atoms with van der Waals surface area (Å²) in [4.78, 5) is 0. The molecule has 2 aromatic carbocycles. The molecule has 3 heteroatoms. The fraction of sp³-hybridized carbons (Fsp3) is 0.333. The van der Waals surface area contributed by atoms with E-state index in [1.54, 1.807) is 12.1 Å². The van der Waals surface area contributed by atoms with Gasteiger partial charge in [0, 0.05) is 24.4 Å². The van der Waals surface area contributed by atoms with Crippen LogP contribution >= 0.6 is 0 Å². The zero-order valence-electron chi connectivity index (χ0n) is 12.2. The summed E-state index contributed by atoms with van der Waals surface area (Å²) in [6, 6.07) is 13.2. The largest absolute Gasteiger partial charge is 0.490 e. The van der Waals surface area contributed by atoms with Crippen LogP contribution in [0.3, 0.4) is 0 Å². The average molecular weight is 285 g/mol. The van der Waals surface area contributed by atoms with Gasteiger partial charge < -0.3 is 10.5 Å². The van der Waals surface area contributed by atoms with Gasteiger partial charge in [-0.15, -0.1) is 0 Å². The molecule has 2 atom stereocenters. The first kappa shape index (κ1) is 14.1. The van der Waals surface area contributed by atoms with Gasteiger partial charge in [0.25, 0.3) is 0 Å². The van der Waals surface area contributed by atoms with Crippen molar-refractivity contribution in [2.45, 2.75) is 38.3 Å². The van der Waals surface area contributed by atoms with Gasteiger partial charge in [0.05, 0.1) is 0 Å². The van der Waals surface area contributed by atoms with Gasteiger partial charge in [-0.2, -0.15) is 0 Å². The lowest BCUT2D eigenvalue weighted by molar-refractivity contribution is 0.210. The van der Waals surface area contributed by atoms with Crippen LogP contribution in [0.5, 0.6) is 5.75 Å². The smallest absolute Gasteiger partial charge is 0.123 e. The third-order valence-electron chi connectivity index (χ3n) is 3.95. The van der Waals surface area contributed by atoms with Gasteiger partial charge in [0.2, 0.25) is 0 Å². The first-order valence-corrected chi connectivity index (χ1v) is 7.36. The molecule has 0 saturated carbocycles. The van der Waals surface area contributed by atoms with Crippen molar-refractivity contribution in [3.8, 4) is 5.75 Å². The quantitative estimate of drug-likeness (QED) is 0.934. The van der Waals surface area contributed by atoms with Crippen molar-refractivity contribution in [2.24, 2.45) is 5.73 Å². The van der Waals surface area contributed by atoms with E-state index in [4.69, 9.17) is 10.5 Å². The summed E-state index contributed by atoms with van der Waals surface area (Å²) in [5, 5.41) is 0. The van der Waals surface area contributed by atoms with Gasteiger partial charge in [0.15, 0.2) is 0 Å². The zero-order valence-corrected chi connectivity index (χ0v) is 12.2. The van der Waals surface area contributed by atoms with E-state index in [0.717, 1.165) is 30.6 Å². The normalized spacial score (nSPS) is 18.1. The lowest BCUT2D eigenvalue weighted by atomic mass is 9.98. The molecule has 0 saturated heterocycles. The predicted octanol–water partition coefficient (Wildman–Crippen LogP) is 3.40. The molecule has 0 fully saturated rings. The third-order valence-corrected chi connectivity index (χ3v) is 3.95. The number of benzene rings is 2. The monoisotopic (exact) mass is 285 g/mol. The molecule has 1 aliphatic rings. The van der Waals surface area contributed by atoms with Gasteiger partial charge in [-0.3, -0.25) is 0 Å². The number of hydrogen-bond acceptors (Lipinski definition) is 2. The Kier molecular flexibility index (Phi) is 3.93. The zero-order chi connectivity index (χ0) is 14.8. The van der Waals surface area contributed by atoms with Crippen molar-refractivity contribution in [1.29, 1.82) is 0 Å². The maximum absolute atomic E-state index is 13.2. The molecular formula is C18H20FNO. The second kappa shape index (κ2) is 5.86. The molecule has 2 unspecified atom stereocenters. The summed E-state index contributed by atoms with van der Waals surface area (Å²) >= 11 is 0. The summed E-state index contributed by atoms with van der Waals surface area (Å²) in [5.74, 6) is 0.589. The summed E-state index contributed by atoms with van der Waals surface area (Å²) in [5.41, 5.74) is 9.68. The summed E-state index contributed by atoms with van der Waals surface area (Å²) in [6.07, 6.45) is 2.42. The van der Waals surface area contributed by atoms with Crippen molar-refractivity contribution >= 4 is 0 Å².